The van der Waals surface area contributed by atoms with Crippen LogP contribution in [0.1, 0.15) is 46.4 Å². The summed E-state index contributed by atoms with van der Waals surface area (Å²) in [5, 5.41) is 12.4. The van der Waals surface area contributed by atoms with E-state index < -0.39 is 5.97 Å². The second kappa shape index (κ2) is 9.30. The molecule has 0 spiro atoms. The number of carbonyl (C=O) groups excluding carboxylic acids is 1. The molecule has 0 bridgehead atoms. The fourth-order valence-corrected chi connectivity index (χ4v) is 4.59. The molecule has 1 unspecified atom stereocenters. The van der Waals surface area contributed by atoms with E-state index in [2.05, 4.69) is 15.1 Å². The molecule has 6 heteroatoms. The maximum absolute atomic E-state index is 12.7. The van der Waals surface area contributed by atoms with Crippen LogP contribution in [0.5, 0.6) is 0 Å². The van der Waals surface area contributed by atoms with Gasteiger partial charge in [-0.1, -0.05) is 18.2 Å². The summed E-state index contributed by atoms with van der Waals surface area (Å²) in [5.74, 6) is -0.638. The maximum atomic E-state index is 12.7. The van der Waals surface area contributed by atoms with Gasteiger partial charge in [-0.3, -0.25) is 4.79 Å². The maximum Gasteiger partial charge on any atom is 0.335 e. The first kappa shape index (κ1) is 20.4. The van der Waals surface area contributed by atoms with Gasteiger partial charge in [0, 0.05) is 25.2 Å². The number of piperidine rings is 1. The van der Waals surface area contributed by atoms with Crippen molar-refractivity contribution in [3.8, 4) is 0 Å². The standard InChI is InChI=1S/C24H29N3O3/c28-23(19-8-2-1-3-9-19)25-21-15-20(24(29)30)10-11-22(21)27-14-6-7-18(17-27)16-26-12-4-5-13-26/h1-3,8-11,15,18H,4-7,12-14,16-17H2,(H,25,28)(H,29,30). The summed E-state index contributed by atoms with van der Waals surface area (Å²) in [6, 6.07) is 14.0. The predicted molar refractivity (Wildman–Crippen MR) is 118 cm³/mol. The van der Waals surface area contributed by atoms with Crippen LogP contribution in [-0.4, -0.2) is 54.6 Å². The molecule has 1 amide bonds. The Hall–Kier alpha value is -2.86. The molecule has 2 saturated heterocycles. The SMILES string of the molecule is O=C(O)c1ccc(N2CCCC(CN3CCCC3)C2)c(NC(=O)c2ccccc2)c1. The number of carboxylic acid groups (broad SMARTS) is 1. The average Bonchev–Trinajstić information content (AvgIpc) is 3.27. The lowest BCUT2D eigenvalue weighted by Gasteiger charge is -2.37. The van der Waals surface area contributed by atoms with Gasteiger partial charge in [-0.25, -0.2) is 4.79 Å². The fourth-order valence-electron chi connectivity index (χ4n) is 4.59. The lowest BCUT2D eigenvalue weighted by atomic mass is 9.96. The van der Waals surface area contributed by atoms with E-state index in [-0.39, 0.29) is 11.5 Å². The second-order valence-electron chi connectivity index (χ2n) is 8.32. The number of carboxylic acids is 1. The molecule has 2 aliphatic rings. The normalized spacial score (nSPS) is 19.6. The van der Waals surface area contributed by atoms with E-state index in [1.165, 1.54) is 32.4 Å². The molecule has 0 aromatic heterocycles. The van der Waals surface area contributed by atoms with Gasteiger partial charge >= 0.3 is 5.97 Å². The smallest absolute Gasteiger partial charge is 0.335 e. The van der Waals surface area contributed by atoms with Crippen molar-refractivity contribution in [1.29, 1.82) is 0 Å². The van der Waals surface area contributed by atoms with E-state index >= 15 is 0 Å². The zero-order valence-corrected chi connectivity index (χ0v) is 17.2. The minimum absolute atomic E-state index is 0.174. The average molecular weight is 408 g/mol. The Kier molecular flexibility index (Phi) is 6.33. The largest absolute Gasteiger partial charge is 0.478 e. The molecule has 2 fully saturated rings. The molecule has 2 N–H and O–H groups in total. The number of carbonyl (C=O) groups is 2. The summed E-state index contributed by atoms with van der Waals surface area (Å²) < 4.78 is 0. The number of rotatable bonds is 6. The number of anilines is 2. The summed E-state index contributed by atoms with van der Waals surface area (Å²) in [4.78, 5) is 29.1. The van der Waals surface area contributed by atoms with Gasteiger partial charge in [0.15, 0.2) is 0 Å². The van der Waals surface area contributed by atoms with Crippen molar-refractivity contribution in [2.75, 3.05) is 42.9 Å². The third-order valence-electron chi connectivity index (χ3n) is 6.10. The first-order valence-electron chi connectivity index (χ1n) is 10.8. The highest BCUT2D eigenvalue weighted by Crippen LogP contribution is 2.32. The Morgan fingerprint density at radius 1 is 0.967 bits per heavy atom. The van der Waals surface area contributed by atoms with E-state index in [4.69, 9.17) is 0 Å². The number of hydrogen-bond donors (Lipinski definition) is 2. The van der Waals surface area contributed by atoms with Crippen LogP contribution in [0.2, 0.25) is 0 Å². The predicted octanol–water partition coefficient (Wildman–Crippen LogP) is 3.95. The van der Waals surface area contributed by atoms with Crippen molar-refractivity contribution in [2.45, 2.75) is 25.7 Å². The molecule has 30 heavy (non-hydrogen) atoms. The number of hydrogen-bond acceptors (Lipinski definition) is 4. The molecule has 0 aliphatic carbocycles. The van der Waals surface area contributed by atoms with E-state index in [9.17, 15) is 14.7 Å². The van der Waals surface area contributed by atoms with E-state index in [0.29, 0.717) is 17.2 Å². The summed E-state index contributed by atoms with van der Waals surface area (Å²) in [6.45, 7) is 5.36. The number of nitrogens with one attached hydrogen (secondary N) is 1. The molecular weight excluding hydrogens is 378 g/mol. The summed E-state index contributed by atoms with van der Waals surface area (Å²) >= 11 is 0. The van der Waals surface area contributed by atoms with Crippen molar-refractivity contribution >= 4 is 23.3 Å². The van der Waals surface area contributed by atoms with Crippen LogP contribution in [0.25, 0.3) is 0 Å². The van der Waals surface area contributed by atoms with Gasteiger partial charge in [-0.15, -0.1) is 0 Å². The van der Waals surface area contributed by atoms with Gasteiger partial charge in [-0.05, 0) is 75.0 Å². The minimum Gasteiger partial charge on any atom is -0.478 e. The topological polar surface area (TPSA) is 72.9 Å². The quantitative estimate of drug-likeness (QED) is 0.759. The molecule has 2 aromatic carbocycles. The zero-order chi connectivity index (χ0) is 20.9. The van der Waals surface area contributed by atoms with E-state index in [1.807, 2.05) is 24.3 Å². The zero-order valence-electron chi connectivity index (χ0n) is 17.2. The molecular formula is C24H29N3O3. The lowest BCUT2D eigenvalue weighted by molar-refractivity contribution is 0.0696. The first-order chi connectivity index (χ1) is 14.6. The summed E-state index contributed by atoms with van der Waals surface area (Å²) in [5.41, 5.74) is 2.18. The molecule has 2 heterocycles. The molecule has 6 nitrogen and oxygen atoms in total. The Morgan fingerprint density at radius 2 is 1.73 bits per heavy atom. The summed E-state index contributed by atoms with van der Waals surface area (Å²) in [6.07, 6.45) is 4.91. The number of aromatic carboxylic acids is 1. The Bertz CT molecular complexity index is 894. The minimum atomic E-state index is -0.998. The van der Waals surface area contributed by atoms with Crippen LogP contribution in [0.3, 0.4) is 0 Å². The van der Waals surface area contributed by atoms with Crippen molar-refractivity contribution < 1.29 is 14.7 Å². The molecule has 0 radical (unpaired) electrons. The molecule has 2 aromatic rings. The fraction of sp³-hybridized carbons (Fsp3) is 0.417. The van der Waals surface area contributed by atoms with Crippen LogP contribution >= 0.6 is 0 Å². The van der Waals surface area contributed by atoms with Crippen molar-refractivity contribution in [3.05, 3.63) is 59.7 Å². The van der Waals surface area contributed by atoms with Gasteiger partial charge in [-0.2, -0.15) is 0 Å². The molecule has 2 aliphatic heterocycles. The van der Waals surface area contributed by atoms with Crippen molar-refractivity contribution in [2.24, 2.45) is 5.92 Å². The van der Waals surface area contributed by atoms with Gasteiger partial charge in [0.25, 0.3) is 5.91 Å². The molecule has 0 saturated carbocycles. The van der Waals surface area contributed by atoms with E-state index in [0.717, 1.165) is 31.7 Å². The van der Waals surface area contributed by atoms with Gasteiger partial charge in [0.2, 0.25) is 0 Å². The highest BCUT2D eigenvalue weighted by atomic mass is 16.4. The number of amides is 1. The Balaban J connectivity index is 1.55. The number of nitrogens with zero attached hydrogens (tertiary/aromatic N) is 2. The van der Waals surface area contributed by atoms with Crippen LogP contribution in [-0.2, 0) is 0 Å². The van der Waals surface area contributed by atoms with Crippen LogP contribution < -0.4 is 10.2 Å². The van der Waals surface area contributed by atoms with Gasteiger partial charge in [0.1, 0.15) is 0 Å². The Labute approximate surface area is 177 Å². The van der Waals surface area contributed by atoms with Gasteiger partial charge < -0.3 is 20.2 Å². The first-order valence-corrected chi connectivity index (χ1v) is 10.8. The second-order valence-corrected chi connectivity index (χ2v) is 8.32. The molecule has 158 valence electrons. The highest BCUT2D eigenvalue weighted by Gasteiger charge is 2.25. The van der Waals surface area contributed by atoms with E-state index in [1.54, 1.807) is 24.3 Å². The highest BCUT2D eigenvalue weighted by molar-refractivity contribution is 6.06. The van der Waals surface area contributed by atoms with Crippen molar-refractivity contribution in [1.82, 2.24) is 4.90 Å². The molecule has 1 atom stereocenters. The Morgan fingerprint density at radius 3 is 2.47 bits per heavy atom. The third kappa shape index (κ3) is 4.82. The monoisotopic (exact) mass is 407 g/mol. The van der Waals surface area contributed by atoms with Crippen LogP contribution in [0, 0.1) is 5.92 Å². The van der Waals surface area contributed by atoms with Crippen molar-refractivity contribution in [3.63, 3.8) is 0 Å². The number of benzene rings is 2. The lowest BCUT2D eigenvalue weighted by Crippen LogP contribution is -2.40. The van der Waals surface area contributed by atoms with Crippen LogP contribution in [0.15, 0.2) is 48.5 Å². The van der Waals surface area contributed by atoms with Crippen LogP contribution in [0.4, 0.5) is 11.4 Å². The third-order valence-corrected chi connectivity index (χ3v) is 6.10. The molecule has 4 rings (SSSR count). The summed E-state index contributed by atoms with van der Waals surface area (Å²) in [7, 11) is 0. The van der Waals surface area contributed by atoms with Gasteiger partial charge in [0.05, 0.1) is 16.9 Å². The number of likely N-dealkylation sites (tertiary alicyclic amines) is 1.